The van der Waals surface area contributed by atoms with Crippen LogP contribution in [-0.4, -0.2) is 36.3 Å². The topological polar surface area (TPSA) is 67.8 Å². The van der Waals surface area contributed by atoms with Gasteiger partial charge >= 0.3 is 7.12 Å². The first-order chi connectivity index (χ1) is 9.43. The number of aliphatic hydroxyl groups excluding tert-OH is 1. The van der Waals surface area contributed by atoms with Gasteiger partial charge in [-0.1, -0.05) is 13.8 Å². The third-order valence-electron chi connectivity index (χ3n) is 5.28. The molecule has 2 N–H and O–H groups in total. The Kier molecular flexibility index (Phi) is 3.22. The van der Waals surface area contributed by atoms with E-state index >= 15 is 0 Å². The molecule has 3 unspecified atom stereocenters. The maximum Gasteiger partial charge on any atom is 0.494 e. The Morgan fingerprint density at radius 3 is 2.80 bits per heavy atom. The van der Waals surface area contributed by atoms with Gasteiger partial charge in [0.1, 0.15) is 12.0 Å². The lowest BCUT2D eigenvalue weighted by atomic mass is 9.47. The zero-order valence-corrected chi connectivity index (χ0v) is 12.1. The van der Waals surface area contributed by atoms with Crippen LogP contribution in [0.2, 0.25) is 0 Å². The molecular formula is C14H20BNO4. The molecule has 1 amide bonds. The monoisotopic (exact) mass is 277 g/mol. The van der Waals surface area contributed by atoms with Gasteiger partial charge in [0.2, 0.25) is 5.91 Å². The zero-order valence-electron chi connectivity index (χ0n) is 12.1. The minimum atomic E-state index is -0.622. The summed E-state index contributed by atoms with van der Waals surface area (Å²) >= 11 is 0. The Morgan fingerprint density at radius 2 is 2.20 bits per heavy atom. The molecular weight excluding hydrogens is 257 g/mol. The van der Waals surface area contributed by atoms with Gasteiger partial charge in [-0.25, -0.2) is 0 Å². The number of hydrogen-bond acceptors (Lipinski definition) is 4. The largest absolute Gasteiger partial charge is 0.494 e. The highest BCUT2D eigenvalue weighted by atomic mass is 16.7. The maximum atomic E-state index is 11.2. The predicted octanol–water partition coefficient (Wildman–Crippen LogP) is 0.702. The second-order valence-electron chi connectivity index (χ2n) is 6.67. The molecule has 4 fully saturated rings. The molecule has 1 saturated heterocycles. The maximum absolute atomic E-state index is 11.2. The molecule has 0 spiro atoms. The van der Waals surface area contributed by atoms with Crippen LogP contribution in [0.5, 0.6) is 0 Å². The molecule has 6 heteroatoms. The third-order valence-corrected chi connectivity index (χ3v) is 5.28. The lowest BCUT2D eigenvalue weighted by molar-refractivity contribution is -0.150. The molecule has 3 aliphatic carbocycles. The summed E-state index contributed by atoms with van der Waals surface area (Å²) in [6.45, 7) is 5.99. The first kappa shape index (κ1) is 13.8. The van der Waals surface area contributed by atoms with E-state index in [4.69, 9.17) is 14.4 Å². The van der Waals surface area contributed by atoms with E-state index in [2.05, 4.69) is 25.1 Å². The van der Waals surface area contributed by atoms with Crippen LogP contribution < -0.4 is 5.32 Å². The van der Waals surface area contributed by atoms with Gasteiger partial charge in [-0.05, 0) is 36.0 Å². The van der Waals surface area contributed by atoms with Gasteiger partial charge in [-0.15, -0.1) is 0 Å². The van der Waals surface area contributed by atoms with Crippen LogP contribution in [-0.2, 0) is 14.1 Å². The van der Waals surface area contributed by atoms with E-state index < -0.39 is 13.1 Å². The molecule has 108 valence electrons. The lowest BCUT2D eigenvalue weighted by Gasteiger charge is -2.60. The van der Waals surface area contributed by atoms with Gasteiger partial charge in [-0.2, -0.15) is 0 Å². The highest BCUT2D eigenvalue weighted by molar-refractivity contribution is 6.48. The number of amides is 1. The van der Waals surface area contributed by atoms with Gasteiger partial charge in [-0.3, -0.25) is 4.79 Å². The summed E-state index contributed by atoms with van der Waals surface area (Å²) in [5, 5.41) is 11.4. The number of nitrogens with one attached hydrogen (secondary N) is 1. The molecule has 5 atom stereocenters. The molecule has 4 aliphatic rings. The summed E-state index contributed by atoms with van der Waals surface area (Å²) in [7, 11) is -0.594. The molecule has 0 aromatic carbocycles. The zero-order chi connectivity index (χ0) is 14.5. The first-order valence-electron chi connectivity index (χ1n) is 7.16. The molecule has 0 radical (unpaired) electrons. The van der Waals surface area contributed by atoms with E-state index in [1.54, 1.807) is 0 Å². The average Bonchev–Trinajstić information content (AvgIpc) is 2.80. The van der Waals surface area contributed by atoms with Crippen molar-refractivity contribution in [3.05, 3.63) is 0 Å². The lowest BCUT2D eigenvalue weighted by Crippen LogP contribution is -2.59. The van der Waals surface area contributed by atoms with Crippen molar-refractivity contribution in [3.63, 3.8) is 0 Å². The molecule has 1 heterocycles. The fraction of sp³-hybridized carbons (Fsp3) is 0.786. The van der Waals surface area contributed by atoms with Crippen molar-refractivity contribution in [2.45, 2.75) is 51.8 Å². The molecule has 0 aromatic rings. The minimum absolute atomic E-state index is 0.0803. The number of carbonyl (C=O) groups excluding carboxylic acids is 1. The van der Waals surface area contributed by atoms with Crippen molar-refractivity contribution in [2.75, 3.05) is 0 Å². The standard InChI is InChI=1S/C14H20BNO4/c1-8(18)16-12(4-5-17)15-19-11-7-9-6-10(13(11)20-15)14(9,2)3/h9-13,17H,6-7H2,1-3H3,(H,16,18)/t9-,10+,11?,12?,13?/m0/s1. The Labute approximate surface area is 119 Å². The average molecular weight is 277 g/mol. The molecule has 0 aromatic heterocycles. The molecule has 2 bridgehead atoms. The van der Waals surface area contributed by atoms with E-state index in [9.17, 15) is 4.79 Å². The SMILES string of the molecule is CC(=O)NC(C#CO)B1OC2C[C@@H]3C[C@H](C2O1)C3(C)C. The van der Waals surface area contributed by atoms with E-state index in [1.165, 1.54) is 13.3 Å². The summed E-state index contributed by atoms with van der Waals surface area (Å²) in [5.41, 5.74) is 0.311. The van der Waals surface area contributed by atoms with Gasteiger partial charge in [0.15, 0.2) is 0 Å². The van der Waals surface area contributed by atoms with Crippen LogP contribution in [0.1, 0.15) is 33.6 Å². The van der Waals surface area contributed by atoms with Gasteiger partial charge < -0.3 is 19.7 Å². The Balaban J connectivity index is 1.72. The molecule has 20 heavy (non-hydrogen) atoms. The molecule has 5 nitrogen and oxygen atoms in total. The Bertz CT molecular complexity index is 483. The van der Waals surface area contributed by atoms with Crippen molar-refractivity contribution in [3.8, 4) is 12.0 Å². The van der Waals surface area contributed by atoms with Gasteiger partial charge in [0.05, 0.1) is 12.2 Å². The third kappa shape index (κ3) is 2.00. The Morgan fingerprint density at radius 1 is 1.45 bits per heavy atom. The summed E-state index contributed by atoms with van der Waals surface area (Å²) in [5.74, 6) is 2.90. The summed E-state index contributed by atoms with van der Waals surface area (Å²) in [6.07, 6.45) is 4.22. The number of carbonyl (C=O) groups is 1. The van der Waals surface area contributed by atoms with E-state index in [0.717, 1.165) is 6.42 Å². The number of hydrogen-bond donors (Lipinski definition) is 2. The normalized spacial score (nSPS) is 38.0. The highest BCUT2D eigenvalue weighted by Gasteiger charge is 2.62. The van der Waals surface area contributed by atoms with E-state index in [1.807, 2.05) is 6.11 Å². The second kappa shape index (κ2) is 4.68. The predicted molar refractivity (Wildman–Crippen MR) is 72.8 cm³/mol. The van der Waals surface area contributed by atoms with Gasteiger partial charge in [0.25, 0.3) is 0 Å². The van der Waals surface area contributed by atoms with Crippen LogP contribution in [0.15, 0.2) is 0 Å². The summed E-state index contributed by atoms with van der Waals surface area (Å²) in [6, 6.07) is 0. The van der Waals surface area contributed by atoms with Crippen molar-refractivity contribution in [1.29, 1.82) is 0 Å². The van der Waals surface area contributed by atoms with E-state index in [0.29, 0.717) is 17.3 Å². The van der Waals surface area contributed by atoms with Gasteiger partial charge in [0, 0.05) is 6.92 Å². The molecule has 4 rings (SSSR count). The quantitative estimate of drug-likeness (QED) is 0.576. The first-order valence-corrected chi connectivity index (χ1v) is 7.16. The van der Waals surface area contributed by atoms with Crippen LogP contribution >= 0.6 is 0 Å². The van der Waals surface area contributed by atoms with Crippen LogP contribution in [0.4, 0.5) is 0 Å². The van der Waals surface area contributed by atoms with Crippen LogP contribution in [0, 0.1) is 29.3 Å². The molecule has 3 saturated carbocycles. The van der Waals surface area contributed by atoms with Crippen molar-refractivity contribution >= 4 is 13.0 Å². The molecule has 1 aliphatic heterocycles. The van der Waals surface area contributed by atoms with Crippen molar-refractivity contribution in [1.82, 2.24) is 5.32 Å². The van der Waals surface area contributed by atoms with Crippen LogP contribution in [0.3, 0.4) is 0 Å². The fourth-order valence-electron chi connectivity index (χ4n) is 3.98. The minimum Gasteiger partial charge on any atom is -0.462 e. The van der Waals surface area contributed by atoms with Crippen molar-refractivity contribution < 1.29 is 19.2 Å². The Hall–Kier alpha value is -1.19. The summed E-state index contributed by atoms with van der Waals surface area (Å²) < 4.78 is 11.9. The highest BCUT2D eigenvalue weighted by Crippen LogP contribution is 2.61. The fourth-order valence-corrected chi connectivity index (χ4v) is 3.98. The smallest absolute Gasteiger partial charge is 0.462 e. The van der Waals surface area contributed by atoms with Crippen molar-refractivity contribution in [2.24, 2.45) is 17.3 Å². The second-order valence-corrected chi connectivity index (χ2v) is 6.67. The van der Waals surface area contributed by atoms with E-state index in [-0.39, 0.29) is 18.1 Å². The number of rotatable bonds is 2. The number of aliphatic hydroxyl groups is 1. The summed E-state index contributed by atoms with van der Waals surface area (Å²) in [4.78, 5) is 11.2. The van der Waals surface area contributed by atoms with Crippen LogP contribution in [0.25, 0.3) is 0 Å².